The van der Waals surface area contributed by atoms with Gasteiger partial charge in [-0.1, -0.05) is 55.8 Å². The molecule has 0 amide bonds. The molecule has 0 spiro atoms. The number of rotatable bonds is 0. The minimum Gasteiger partial charge on any atom is -0.264 e. The average molecular weight is 310 g/mol. The third-order valence-electron chi connectivity index (χ3n) is 5.38. The van der Waals surface area contributed by atoms with Gasteiger partial charge in [0.25, 0.3) is 0 Å². The van der Waals surface area contributed by atoms with Crippen LogP contribution in [0.2, 0.25) is 0 Å². The van der Waals surface area contributed by atoms with Crippen LogP contribution in [0.25, 0.3) is 32.8 Å². The van der Waals surface area contributed by atoms with Crippen LogP contribution in [-0.2, 0) is 5.41 Å². The summed E-state index contributed by atoms with van der Waals surface area (Å²) in [5.41, 5.74) is 6.10. The zero-order chi connectivity index (χ0) is 16.5. The Kier molecular flexibility index (Phi) is 2.52. The summed E-state index contributed by atoms with van der Waals surface area (Å²) in [5, 5.41) is 4.99. The summed E-state index contributed by atoms with van der Waals surface area (Å²) in [5.74, 6) is 0. The van der Waals surface area contributed by atoms with E-state index in [1.165, 1.54) is 43.8 Å². The van der Waals surface area contributed by atoms with Crippen molar-refractivity contribution in [3.63, 3.8) is 0 Å². The van der Waals surface area contributed by atoms with Crippen molar-refractivity contribution in [2.24, 2.45) is 0 Å². The molecule has 0 aliphatic heterocycles. The molecular formula is C22H18N2. The summed E-state index contributed by atoms with van der Waals surface area (Å²) < 4.78 is 0. The fourth-order valence-electron chi connectivity index (χ4n) is 4.20. The lowest BCUT2D eigenvalue weighted by Gasteiger charge is -2.35. The molecule has 0 N–H and O–H groups in total. The molecule has 1 aliphatic carbocycles. The third kappa shape index (κ3) is 1.60. The Morgan fingerprint density at radius 2 is 1.79 bits per heavy atom. The van der Waals surface area contributed by atoms with Crippen molar-refractivity contribution in [3.8, 4) is 11.3 Å². The van der Waals surface area contributed by atoms with Crippen molar-refractivity contribution >= 4 is 21.5 Å². The Morgan fingerprint density at radius 1 is 0.917 bits per heavy atom. The Labute approximate surface area is 141 Å². The van der Waals surface area contributed by atoms with Gasteiger partial charge in [0, 0.05) is 40.3 Å². The number of nitrogens with zero attached hydrogens (tertiary/aromatic N) is 2. The van der Waals surface area contributed by atoms with E-state index >= 15 is 0 Å². The minimum atomic E-state index is -0.128. The van der Waals surface area contributed by atoms with E-state index in [0.29, 0.717) is 0 Å². The quantitative estimate of drug-likeness (QED) is 0.435. The molecule has 0 bridgehead atoms. The Morgan fingerprint density at radius 3 is 2.67 bits per heavy atom. The van der Waals surface area contributed by atoms with Gasteiger partial charge in [-0.25, -0.2) is 0 Å². The van der Waals surface area contributed by atoms with Gasteiger partial charge in [-0.05, 0) is 28.8 Å². The lowest BCUT2D eigenvalue weighted by atomic mass is 9.69. The van der Waals surface area contributed by atoms with Gasteiger partial charge in [-0.3, -0.25) is 9.97 Å². The molecule has 0 fully saturated rings. The fraction of sp³-hybridized carbons (Fsp3) is 0.182. The molecule has 24 heavy (non-hydrogen) atoms. The second-order valence-electron chi connectivity index (χ2n) is 7.29. The molecular weight excluding hydrogens is 292 g/mol. The van der Waals surface area contributed by atoms with Crippen molar-refractivity contribution < 1.29 is 0 Å². The van der Waals surface area contributed by atoms with Gasteiger partial charge >= 0.3 is 0 Å². The first-order valence-corrected chi connectivity index (χ1v) is 8.35. The molecule has 0 saturated heterocycles. The van der Waals surface area contributed by atoms with Crippen molar-refractivity contribution in [2.75, 3.05) is 0 Å². The lowest BCUT2D eigenvalue weighted by molar-refractivity contribution is 0.645. The fourth-order valence-corrected chi connectivity index (χ4v) is 4.20. The number of fused-ring (bicyclic) bond motifs is 4. The van der Waals surface area contributed by atoms with E-state index in [1.54, 1.807) is 0 Å². The van der Waals surface area contributed by atoms with Crippen LogP contribution in [0, 0.1) is 6.92 Å². The first kappa shape index (κ1) is 13.7. The molecule has 5 rings (SSSR count). The molecule has 4 aromatic rings. The van der Waals surface area contributed by atoms with Gasteiger partial charge in [-0.2, -0.15) is 0 Å². The van der Waals surface area contributed by atoms with Crippen molar-refractivity contribution in [1.29, 1.82) is 0 Å². The first-order chi connectivity index (χ1) is 11.6. The highest BCUT2D eigenvalue weighted by molar-refractivity contribution is 6.05. The number of aromatic nitrogens is 2. The van der Waals surface area contributed by atoms with Crippen molar-refractivity contribution in [2.45, 2.75) is 26.2 Å². The topological polar surface area (TPSA) is 25.8 Å². The molecule has 0 radical (unpaired) electrons. The predicted octanol–water partition coefficient (Wildman–Crippen LogP) is 5.40. The van der Waals surface area contributed by atoms with E-state index in [4.69, 9.17) is 4.98 Å². The van der Waals surface area contributed by atoms with Crippen LogP contribution in [0.3, 0.4) is 0 Å². The first-order valence-electron chi connectivity index (χ1n) is 8.35. The highest BCUT2D eigenvalue weighted by atomic mass is 14.7. The maximum absolute atomic E-state index is 4.88. The van der Waals surface area contributed by atoms with Gasteiger partial charge in [0.15, 0.2) is 0 Å². The molecule has 2 heteroatoms. The maximum atomic E-state index is 4.88. The summed E-state index contributed by atoms with van der Waals surface area (Å²) in [6.07, 6.45) is 5.99. The van der Waals surface area contributed by atoms with Crippen LogP contribution < -0.4 is 0 Å². The smallest absolute Gasteiger partial charge is 0.0755 e. The van der Waals surface area contributed by atoms with Gasteiger partial charge < -0.3 is 0 Å². The van der Waals surface area contributed by atoms with Gasteiger partial charge in [0.2, 0.25) is 0 Å². The molecule has 0 saturated carbocycles. The Balaban J connectivity index is 2.05. The Hall–Kier alpha value is -2.74. The molecule has 1 aliphatic rings. The van der Waals surface area contributed by atoms with Gasteiger partial charge in [0.05, 0.1) is 5.69 Å². The predicted molar refractivity (Wildman–Crippen MR) is 99.3 cm³/mol. The van der Waals surface area contributed by atoms with Crippen LogP contribution in [0.4, 0.5) is 0 Å². The van der Waals surface area contributed by atoms with Crippen LogP contribution in [0.1, 0.15) is 30.5 Å². The van der Waals surface area contributed by atoms with Gasteiger partial charge in [-0.15, -0.1) is 0 Å². The van der Waals surface area contributed by atoms with Crippen molar-refractivity contribution in [1.82, 2.24) is 9.97 Å². The normalized spacial score (nSPS) is 14.8. The highest BCUT2D eigenvalue weighted by Crippen LogP contribution is 2.49. The van der Waals surface area contributed by atoms with E-state index in [-0.39, 0.29) is 5.41 Å². The second-order valence-corrected chi connectivity index (χ2v) is 7.29. The van der Waals surface area contributed by atoms with E-state index in [2.05, 4.69) is 62.2 Å². The van der Waals surface area contributed by atoms with Crippen molar-refractivity contribution in [3.05, 3.63) is 71.7 Å². The van der Waals surface area contributed by atoms with Gasteiger partial charge in [0.1, 0.15) is 0 Å². The number of hydrogen-bond acceptors (Lipinski definition) is 2. The van der Waals surface area contributed by atoms with E-state index < -0.39 is 0 Å². The van der Waals surface area contributed by atoms with E-state index in [1.807, 2.05) is 18.6 Å². The summed E-state index contributed by atoms with van der Waals surface area (Å²) >= 11 is 0. The van der Waals surface area contributed by atoms with Crippen LogP contribution in [0.15, 0.2) is 55.0 Å². The average Bonchev–Trinajstić information content (AvgIpc) is 2.58. The molecule has 2 heterocycles. The number of pyridine rings is 2. The third-order valence-corrected chi connectivity index (χ3v) is 5.38. The molecule has 116 valence electrons. The second kappa shape index (κ2) is 4.41. The highest BCUT2D eigenvalue weighted by Gasteiger charge is 2.35. The number of hydrogen-bond donors (Lipinski definition) is 0. The van der Waals surface area contributed by atoms with Crippen LogP contribution in [-0.4, -0.2) is 9.97 Å². The molecule has 2 aromatic heterocycles. The van der Waals surface area contributed by atoms with E-state index in [0.717, 1.165) is 5.69 Å². The largest absolute Gasteiger partial charge is 0.264 e. The summed E-state index contributed by atoms with van der Waals surface area (Å²) in [6.45, 7) is 6.74. The van der Waals surface area contributed by atoms with Crippen LogP contribution in [0.5, 0.6) is 0 Å². The zero-order valence-corrected chi connectivity index (χ0v) is 14.1. The zero-order valence-electron chi connectivity index (χ0n) is 14.1. The summed E-state index contributed by atoms with van der Waals surface area (Å²) in [7, 11) is 0. The SMILES string of the molecule is Cc1ccc2cnc3c(c2c1)C(C)(C)c1cncc2cccc-3c12. The monoisotopic (exact) mass is 310 g/mol. The summed E-state index contributed by atoms with van der Waals surface area (Å²) in [6, 6.07) is 13.1. The minimum absolute atomic E-state index is 0.128. The molecule has 2 aromatic carbocycles. The Bertz CT molecular complexity index is 1130. The summed E-state index contributed by atoms with van der Waals surface area (Å²) in [4.78, 5) is 9.38. The van der Waals surface area contributed by atoms with E-state index in [9.17, 15) is 0 Å². The lowest BCUT2D eigenvalue weighted by Crippen LogP contribution is -2.25. The van der Waals surface area contributed by atoms with Crippen LogP contribution >= 0.6 is 0 Å². The number of benzene rings is 2. The molecule has 0 unspecified atom stereocenters. The maximum Gasteiger partial charge on any atom is 0.0755 e. The standard InChI is InChI=1S/C22H18N2/c1-13-7-8-14-11-24-21-16-6-4-5-15-10-23-12-18(19(15)16)22(2,3)20(21)17(14)9-13/h4-12H,1-3H3. The molecule has 0 atom stereocenters. The molecule has 2 nitrogen and oxygen atoms in total. The number of aryl methyl sites for hydroxylation is 1.